The van der Waals surface area contributed by atoms with Gasteiger partial charge in [-0.05, 0) is 47.9 Å². The highest BCUT2D eigenvalue weighted by molar-refractivity contribution is 6.37. The van der Waals surface area contributed by atoms with Gasteiger partial charge in [0.2, 0.25) is 5.91 Å². The highest BCUT2D eigenvalue weighted by Gasteiger charge is 2.30. The van der Waals surface area contributed by atoms with Gasteiger partial charge in [0.15, 0.2) is 0 Å². The molecule has 0 bridgehead atoms. The van der Waals surface area contributed by atoms with Crippen LogP contribution in [0.3, 0.4) is 0 Å². The molecule has 1 saturated heterocycles. The van der Waals surface area contributed by atoms with Gasteiger partial charge in [-0.15, -0.1) is 0 Å². The summed E-state index contributed by atoms with van der Waals surface area (Å²) in [7, 11) is 0. The molecule has 210 valence electrons. The molecule has 3 aromatic carbocycles. The summed E-state index contributed by atoms with van der Waals surface area (Å²) >= 11 is 0. The van der Waals surface area contributed by atoms with Crippen LogP contribution in [0, 0.1) is 0 Å². The summed E-state index contributed by atoms with van der Waals surface area (Å²) in [5, 5.41) is 6.42. The van der Waals surface area contributed by atoms with E-state index in [2.05, 4.69) is 21.6 Å². The van der Waals surface area contributed by atoms with Gasteiger partial charge in [0.25, 0.3) is 5.91 Å². The SMILES string of the molecule is CCOC(=O)c1ccc2c(c1)NC(=O)/C2=C(\Nc1ccc2c(c1)CN(C(=O)CN1CCOCC1)C2)c1ccccc1. The fourth-order valence-electron chi connectivity index (χ4n) is 5.49. The number of morpholine rings is 1. The Morgan fingerprint density at radius 3 is 2.51 bits per heavy atom. The average Bonchev–Trinajstić information content (AvgIpc) is 3.56. The molecular weight excluding hydrogens is 520 g/mol. The Balaban J connectivity index is 1.28. The van der Waals surface area contributed by atoms with Crippen molar-refractivity contribution in [1.29, 1.82) is 0 Å². The van der Waals surface area contributed by atoms with E-state index in [0.717, 1.165) is 35.5 Å². The molecule has 1 fully saturated rings. The number of esters is 1. The summed E-state index contributed by atoms with van der Waals surface area (Å²) < 4.78 is 10.5. The van der Waals surface area contributed by atoms with Crippen molar-refractivity contribution in [3.8, 4) is 0 Å². The number of carbonyl (C=O) groups is 3. The zero-order valence-electron chi connectivity index (χ0n) is 22.9. The maximum Gasteiger partial charge on any atom is 0.338 e. The average molecular weight is 553 g/mol. The van der Waals surface area contributed by atoms with Crippen molar-refractivity contribution in [3.63, 3.8) is 0 Å². The predicted molar refractivity (Wildman–Crippen MR) is 156 cm³/mol. The van der Waals surface area contributed by atoms with Crippen molar-refractivity contribution >= 4 is 40.4 Å². The molecule has 0 aliphatic carbocycles. The zero-order chi connectivity index (χ0) is 28.3. The Morgan fingerprint density at radius 1 is 0.951 bits per heavy atom. The van der Waals surface area contributed by atoms with E-state index >= 15 is 0 Å². The molecule has 6 rings (SSSR count). The van der Waals surface area contributed by atoms with Crippen molar-refractivity contribution in [2.45, 2.75) is 20.0 Å². The van der Waals surface area contributed by atoms with Crippen LogP contribution in [0.15, 0.2) is 66.7 Å². The Morgan fingerprint density at radius 2 is 1.73 bits per heavy atom. The van der Waals surface area contributed by atoms with Gasteiger partial charge < -0.3 is 25.0 Å². The lowest BCUT2D eigenvalue weighted by atomic mass is 9.98. The summed E-state index contributed by atoms with van der Waals surface area (Å²) in [6, 6.07) is 20.9. The molecule has 3 heterocycles. The first-order valence-corrected chi connectivity index (χ1v) is 13.9. The molecule has 3 aliphatic rings. The van der Waals surface area contributed by atoms with E-state index in [1.807, 2.05) is 47.4 Å². The van der Waals surface area contributed by atoms with Crippen LogP contribution in [-0.2, 0) is 32.2 Å². The second-order valence-electron chi connectivity index (χ2n) is 10.3. The Hall–Kier alpha value is -4.47. The van der Waals surface area contributed by atoms with Crippen LogP contribution in [-0.4, -0.2) is 67.0 Å². The molecular formula is C32H32N4O5. The maximum absolute atomic E-state index is 13.3. The summed E-state index contributed by atoms with van der Waals surface area (Å²) in [5.41, 5.74) is 6.67. The first-order chi connectivity index (χ1) is 20.0. The highest BCUT2D eigenvalue weighted by Crippen LogP contribution is 2.38. The molecule has 2 N–H and O–H groups in total. The minimum absolute atomic E-state index is 0.117. The molecule has 0 atom stereocenters. The van der Waals surface area contributed by atoms with E-state index in [9.17, 15) is 14.4 Å². The molecule has 2 amide bonds. The lowest BCUT2D eigenvalue weighted by Crippen LogP contribution is -2.43. The van der Waals surface area contributed by atoms with Crippen LogP contribution in [0.1, 0.15) is 39.5 Å². The number of hydrogen-bond acceptors (Lipinski definition) is 7. The van der Waals surface area contributed by atoms with Crippen LogP contribution >= 0.6 is 0 Å². The normalized spacial score (nSPS) is 17.5. The molecule has 41 heavy (non-hydrogen) atoms. The van der Waals surface area contributed by atoms with Crippen molar-refractivity contribution in [1.82, 2.24) is 9.80 Å². The zero-order valence-corrected chi connectivity index (χ0v) is 22.9. The molecule has 0 saturated carbocycles. The van der Waals surface area contributed by atoms with Crippen molar-refractivity contribution in [3.05, 3.63) is 94.5 Å². The Kier molecular flexibility index (Phi) is 7.54. The van der Waals surface area contributed by atoms with Crippen LogP contribution in [0.2, 0.25) is 0 Å². The van der Waals surface area contributed by atoms with Gasteiger partial charge in [0.05, 0.1) is 48.9 Å². The Labute approximate surface area is 238 Å². The minimum atomic E-state index is -0.431. The quantitative estimate of drug-likeness (QED) is 0.338. The van der Waals surface area contributed by atoms with Gasteiger partial charge in [-0.3, -0.25) is 14.5 Å². The fourth-order valence-corrected chi connectivity index (χ4v) is 5.49. The van der Waals surface area contributed by atoms with Gasteiger partial charge in [-0.2, -0.15) is 0 Å². The third kappa shape index (κ3) is 5.59. The van der Waals surface area contributed by atoms with E-state index in [1.54, 1.807) is 25.1 Å². The van der Waals surface area contributed by atoms with Crippen molar-refractivity contribution in [2.24, 2.45) is 0 Å². The van der Waals surface area contributed by atoms with Crippen molar-refractivity contribution < 1.29 is 23.9 Å². The number of hydrogen-bond donors (Lipinski definition) is 2. The second-order valence-corrected chi connectivity index (χ2v) is 10.3. The van der Waals surface area contributed by atoms with Gasteiger partial charge >= 0.3 is 5.97 Å². The first kappa shape index (κ1) is 26.7. The lowest BCUT2D eigenvalue weighted by molar-refractivity contribution is -0.134. The number of benzene rings is 3. The number of nitrogens with zero attached hydrogens (tertiary/aromatic N) is 2. The molecule has 9 nitrogen and oxygen atoms in total. The van der Waals surface area contributed by atoms with E-state index in [-0.39, 0.29) is 18.4 Å². The maximum atomic E-state index is 13.3. The van der Waals surface area contributed by atoms with Gasteiger partial charge in [-0.1, -0.05) is 42.5 Å². The number of fused-ring (bicyclic) bond motifs is 2. The number of amides is 2. The monoisotopic (exact) mass is 552 g/mol. The molecule has 3 aromatic rings. The smallest absolute Gasteiger partial charge is 0.338 e. The third-order valence-electron chi connectivity index (χ3n) is 7.60. The predicted octanol–water partition coefficient (Wildman–Crippen LogP) is 3.97. The summed E-state index contributed by atoms with van der Waals surface area (Å²) in [6.07, 6.45) is 0. The summed E-state index contributed by atoms with van der Waals surface area (Å²) in [4.78, 5) is 42.6. The third-order valence-corrected chi connectivity index (χ3v) is 7.60. The number of ether oxygens (including phenoxy) is 2. The van der Waals surface area contributed by atoms with Crippen LogP contribution in [0.5, 0.6) is 0 Å². The first-order valence-electron chi connectivity index (χ1n) is 13.9. The highest BCUT2D eigenvalue weighted by atomic mass is 16.5. The van der Waals surface area contributed by atoms with E-state index < -0.39 is 5.97 Å². The van der Waals surface area contributed by atoms with E-state index in [4.69, 9.17) is 9.47 Å². The van der Waals surface area contributed by atoms with Gasteiger partial charge in [-0.25, -0.2) is 4.79 Å². The van der Waals surface area contributed by atoms with Crippen LogP contribution in [0.4, 0.5) is 11.4 Å². The second kappa shape index (κ2) is 11.6. The number of rotatable bonds is 7. The lowest BCUT2D eigenvalue weighted by Gasteiger charge is -2.27. The minimum Gasteiger partial charge on any atom is -0.462 e. The molecule has 0 unspecified atom stereocenters. The van der Waals surface area contributed by atoms with Gasteiger partial charge in [0, 0.05) is 37.4 Å². The summed E-state index contributed by atoms with van der Waals surface area (Å²) in [5.74, 6) is -0.571. The van der Waals surface area contributed by atoms with Crippen LogP contribution < -0.4 is 10.6 Å². The largest absolute Gasteiger partial charge is 0.462 e. The van der Waals surface area contributed by atoms with E-state index in [0.29, 0.717) is 60.9 Å². The number of anilines is 2. The Bertz CT molecular complexity index is 1530. The van der Waals surface area contributed by atoms with Crippen LogP contribution in [0.25, 0.3) is 11.3 Å². The number of nitrogens with one attached hydrogen (secondary N) is 2. The topological polar surface area (TPSA) is 100 Å². The molecule has 9 heteroatoms. The summed E-state index contributed by atoms with van der Waals surface area (Å²) in [6.45, 7) is 6.44. The molecule has 0 aromatic heterocycles. The van der Waals surface area contributed by atoms with Crippen molar-refractivity contribution in [2.75, 3.05) is 50.1 Å². The molecule has 0 radical (unpaired) electrons. The van der Waals surface area contributed by atoms with Gasteiger partial charge in [0.1, 0.15) is 0 Å². The molecule has 3 aliphatic heterocycles. The van der Waals surface area contributed by atoms with E-state index in [1.165, 1.54) is 0 Å². The number of carbonyl (C=O) groups excluding carboxylic acids is 3. The fraction of sp³-hybridized carbons (Fsp3) is 0.281. The molecule has 0 spiro atoms. The standard InChI is InChI=1S/C32H32N4O5/c1-2-41-32(39)22-9-11-26-27(17-22)34-31(38)29(26)30(21-6-4-3-5-7-21)33-25-10-8-23-18-36(19-24(23)16-25)28(37)20-35-12-14-40-15-13-35/h3-11,16-17,33H,2,12-15,18-20H2,1H3,(H,34,38)/b30-29-.